The summed E-state index contributed by atoms with van der Waals surface area (Å²) in [6, 6.07) is 5.69. The highest BCUT2D eigenvalue weighted by atomic mass is 79.9. The first kappa shape index (κ1) is 13.4. The van der Waals surface area contributed by atoms with E-state index in [-0.39, 0.29) is 0 Å². The van der Waals surface area contributed by atoms with E-state index in [1.54, 1.807) is 6.07 Å². The molecule has 0 bridgehead atoms. The van der Waals surface area contributed by atoms with E-state index in [0.717, 1.165) is 37.5 Å². The maximum atomic E-state index is 10.6. The van der Waals surface area contributed by atoms with Gasteiger partial charge in [-0.25, -0.2) is 0 Å². The summed E-state index contributed by atoms with van der Waals surface area (Å²) in [5.74, 6) is 0.791. The molecule has 0 aliphatic carbocycles. The highest BCUT2D eigenvalue weighted by Gasteiger charge is 2.24. The number of ether oxygens (including phenoxy) is 1. The van der Waals surface area contributed by atoms with Crippen LogP contribution in [0, 0.1) is 6.92 Å². The van der Waals surface area contributed by atoms with Gasteiger partial charge in [-0.2, -0.15) is 0 Å². The van der Waals surface area contributed by atoms with Crippen molar-refractivity contribution in [3.05, 3.63) is 48.6 Å². The summed E-state index contributed by atoms with van der Waals surface area (Å²) >= 11 is 11.1. The molecule has 1 N–H and O–H groups in total. The summed E-state index contributed by atoms with van der Waals surface area (Å²) in [4.78, 5) is 0.893. The third-order valence-electron chi connectivity index (χ3n) is 3.22. The summed E-state index contributed by atoms with van der Waals surface area (Å²) in [5.41, 5.74) is 2.96. The maximum absolute atomic E-state index is 10.6. The Labute approximate surface area is 129 Å². The van der Waals surface area contributed by atoms with Crippen LogP contribution < -0.4 is 4.74 Å². The Morgan fingerprint density at radius 2 is 2.21 bits per heavy atom. The van der Waals surface area contributed by atoms with E-state index in [2.05, 4.69) is 15.9 Å². The van der Waals surface area contributed by atoms with Crippen molar-refractivity contribution in [2.24, 2.45) is 0 Å². The van der Waals surface area contributed by atoms with Crippen LogP contribution in [0.2, 0.25) is 5.02 Å². The maximum Gasteiger partial charge on any atom is 0.128 e. The first-order valence-electron chi connectivity index (χ1n) is 5.95. The molecule has 1 unspecified atom stereocenters. The monoisotopic (exact) mass is 358 g/mol. The fourth-order valence-electron chi connectivity index (χ4n) is 2.27. The van der Waals surface area contributed by atoms with Crippen LogP contribution in [0.1, 0.15) is 27.7 Å². The summed E-state index contributed by atoms with van der Waals surface area (Å²) in [7, 11) is 0. The molecule has 1 aliphatic rings. The predicted octanol–water partition coefficient (Wildman–Crippen LogP) is 4.49. The molecule has 0 radical (unpaired) electrons. The van der Waals surface area contributed by atoms with Crippen LogP contribution in [-0.2, 0) is 6.42 Å². The van der Waals surface area contributed by atoms with Gasteiger partial charge in [0.2, 0.25) is 0 Å². The van der Waals surface area contributed by atoms with Gasteiger partial charge in [-0.1, -0.05) is 11.6 Å². The summed E-state index contributed by atoms with van der Waals surface area (Å²) in [5, 5.41) is 11.2. The molecular weight excluding hydrogens is 348 g/mol. The average molecular weight is 360 g/mol. The largest absolute Gasteiger partial charge is 0.493 e. The van der Waals surface area contributed by atoms with Crippen molar-refractivity contribution in [2.75, 3.05) is 6.61 Å². The molecule has 0 fully saturated rings. The zero-order valence-electron chi connectivity index (χ0n) is 10.2. The number of aliphatic hydroxyl groups excluding tert-OH is 1. The van der Waals surface area contributed by atoms with Gasteiger partial charge in [0.1, 0.15) is 11.9 Å². The van der Waals surface area contributed by atoms with Crippen molar-refractivity contribution in [3.63, 3.8) is 0 Å². The number of hydrogen-bond donors (Lipinski definition) is 1. The third-order valence-corrected chi connectivity index (χ3v) is 5.62. The van der Waals surface area contributed by atoms with Crippen LogP contribution in [0.5, 0.6) is 5.75 Å². The Hall–Kier alpha value is -0.550. The highest BCUT2D eigenvalue weighted by Crippen LogP contribution is 2.41. The minimum absolute atomic E-state index is 0.644. The second kappa shape index (κ2) is 5.09. The Balaban J connectivity index is 2.07. The van der Waals surface area contributed by atoms with E-state index in [1.807, 2.05) is 19.1 Å². The van der Waals surface area contributed by atoms with Crippen molar-refractivity contribution >= 4 is 38.9 Å². The Morgan fingerprint density at radius 1 is 1.42 bits per heavy atom. The number of fused-ring (bicyclic) bond motifs is 1. The molecule has 0 saturated heterocycles. The van der Waals surface area contributed by atoms with Crippen LogP contribution in [0.25, 0.3) is 0 Å². The normalized spacial score (nSPS) is 15.2. The Morgan fingerprint density at radius 3 is 2.89 bits per heavy atom. The number of hydrogen-bond acceptors (Lipinski definition) is 3. The highest BCUT2D eigenvalue weighted by molar-refractivity contribution is 9.11. The molecule has 3 rings (SSSR count). The lowest BCUT2D eigenvalue weighted by molar-refractivity contribution is 0.217. The van der Waals surface area contributed by atoms with Crippen LogP contribution >= 0.6 is 38.9 Å². The molecule has 0 amide bonds. The molecule has 2 nitrogen and oxygen atoms in total. The number of halogens is 2. The second-order valence-corrected chi connectivity index (χ2v) is 7.43. The summed E-state index contributed by atoms with van der Waals surface area (Å²) in [6.07, 6.45) is 0.156. The van der Waals surface area contributed by atoms with E-state index in [9.17, 15) is 5.11 Å². The van der Waals surface area contributed by atoms with Crippen molar-refractivity contribution in [3.8, 4) is 5.75 Å². The number of benzene rings is 1. The van der Waals surface area contributed by atoms with E-state index in [0.29, 0.717) is 11.6 Å². The number of thiophene rings is 1. The zero-order valence-corrected chi connectivity index (χ0v) is 13.4. The molecule has 19 heavy (non-hydrogen) atoms. The molecule has 1 atom stereocenters. The second-order valence-electron chi connectivity index (χ2n) is 4.59. The van der Waals surface area contributed by atoms with E-state index in [4.69, 9.17) is 16.3 Å². The molecule has 0 saturated carbocycles. The van der Waals surface area contributed by atoms with Crippen molar-refractivity contribution in [1.29, 1.82) is 0 Å². The standard InChI is InChI=1S/C14H12BrClO2S/c1-7-4-11(19-14(7)15)12(17)10-6-9(16)5-8-2-3-18-13(8)10/h4-6,12,17H,2-3H2,1H3. The summed E-state index contributed by atoms with van der Waals surface area (Å²) in [6.45, 7) is 2.66. The van der Waals surface area contributed by atoms with Gasteiger partial charge in [0, 0.05) is 21.9 Å². The fraction of sp³-hybridized carbons (Fsp3) is 0.286. The lowest BCUT2D eigenvalue weighted by Crippen LogP contribution is -2.00. The van der Waals surface area contributed by atoms with Gasteiger partial charge >= 0.3 is 0 Å². The first-order chi connectivity index (χ1) is 9.06. The van der Waals surface area contributed by atoms with Gasteiger partial charge in [0.05, 0.1) is 10.4 Å². The Kier molecular flexibility index (Phi) is 3.60. The molecule has 1 aromatic heterocycles. The SMILES string of the molecule is Cc1cc(C(O)c2cc(Cl)cc3c2OCC3)sc1Br. The van der Waals surface area contributed by atoms with Gasteiger partial charge < -0.3 is 9.84 Å². The van der Waals surface area contributed by atoms with E-state index in [1.165, 1.54) is 11.3 Å². The Bertz CT molecular complexity index is 619. The molecule has 2 heterocycles. The predicted molar refractivity (Wildman–Crippen MR) is 81.5 cm³/mol. The van der Waals surface area contributed by atoms with E-state index < -0.39 is 6.10 Å². The number of aliphatic hydroxyl groups is 1. The van der Waals surface area contributed by atoms with Gasteiger partial charge in [-0.3, -0.25) is 0 Å². The number of rotatable bonds is 2. The van der Waals surface area contributed by atoms with Crippen molar-refractivity contribution in [1.82, 2.24) is 0 Å². The third kappa shape index (κ3) is 2.42. The fourth-order valence-corrected chi connectivity index (χ4v) is 4.10. The molecule has 5 heteroatoms. The molecule has 1 aromatic carbocycles. The quantitative estimate of drug-likeness (QED) is 0.856. The molecular formula is C14H12BrClO2S. The van der Waals surface area contributed by atoms with Gasteiger partial charge in [-0.05, 0) is 52.2 Å². The van der Waals surface area contributed by atoms with Gasteiger partial charge in [0.25, 0.3) is 0 Å². The zero-order chi connectivity index (χ0) is 13.6. The molecule has 100 valence electrons. The lowest BCUT2D eigenvalue weighted by atomic mass is 10.0. The van der Waals surface area contributed by atoms with Crippen molar-refractivity contribution in [2.45, 2.75) is 19.4 Å². The van der Waals surface area contributed by atoms with Crippen molar-refractivity contribution < 1.29 is 9.84 Å². The average Bonchev–Trinajstić information content (AvgIpc) is 2.95. The van der Waals surface area contributed by atoms with Gasteiger partial charge in [-0.15, -0.1) is 11.3 Å². The minimum atomic E-state index is -0.694. The van der Waals surface area contributed by atoms with E-state index >= 15 is 0 Å². The van der Waals surface area contributed by atoms with Crippen LogP contribution in [0.4, 0.5) is 0 Å². The van der Waals surface area contributed by atoms with Crippen LogP contribution in [-0.4, -0.2) is 11.7 Å². The molecule has 0 spiro atoms. The van der Waals surface area contributed by atoms with Gasteiger partial charge in [0.15, 0.2) is 0 Å². The lowest BCUT2D eigenvalue weighted by Gasteiger charge is -2.14. The molecule has 1 aliphatic heterocycles. The first-order valence-corrected chi connectivity index (χ1v) is 7.94. The summed E-state index contributed by atoms with van der Waals surface area (Å²) < 4.78 is 6.68. The minimum Gasteiger partial charge on any atom is -0.493 e. The smallest absolute Gasteiger partial charge is 0.128 e. The van der Waals surface area contributed by atoms with Crippen LogP contribution in [0.3, 0.4) is 0 Å². The van der Waals surface area contributed by atoms with Crippen LogP contribution in [0.15, 0.2) is 22.0 Å². The molecule has 2 aromatic rings. The topological polar surface area (TPSA) is 29.5 Å². The number of aryl methyl sites for hydroxylation is 1.